The predicted octanol–water partition coefficient (Wildman–Crippen LogP) is 0.713. The quantitative estimate of drug-likeness (QED) is 0.697. The Labute approximate surface area is 125 Å². The highest BCUT2D eigenvalue weighted by atomic mass is 16.5. The SMILES string of the molecule is O=C(CCc1cc(=O)[nH]o1)N[C@@H](Cc1ccccc1)C(=O)O. The highest BCUT2D eigenvalue weighted by Crippen LogP contribution is 2.05. The molecule has 7 heteroatoms. The molecule has 0 unspecified atom stereocenters. The molecule has 0 radical (unpaired) electrons. The van der Waals surface area contributed by atoms with Crippen molar-refractivity contribution < 1.29 is 19.2 Å². The van der Waals surface area contributed by atoms with Crippen molar-refractivity contribution in [1.82, 2.24) is 10.5 Å². The summed E-state index contributed by atoms with van der Waals surface area (Å²) in [4.78, 5) is 33.9. The largest absolute Gasteiger partial charge is 0.480 e. The maximum absolute atomic E-state index is 11.8. The number of aromatic nitrogens is 1. The number of amides is 1. The van der Waals surface area contributed by atoms with Crippen LogP contribution in [0.2, 0.25) is 0 Å². The lowest BCUT2D eigenvalue weighted by atomic mass is 10.1. The molecule has 0 saturated carbocycles. The monoisotopic (exact) mass is 304 g/mol. The van der Waals surface area contributed by atoms with E-state index in [1.807, 2.05) is 18.2 Å². The average molecular weight is 304 g/mol. The highest BCUT2D eigenvalue weighted by Gasteiger charge is 2.20. The summed E-state index contributed by atoms with van der Waals surface area (Å²) in [6, 6.07) is 9.32. The number of benzene rings is 1. The third-order valence-electron chi connectivity index (χ3n) is 3.09. The Bertz CT molecular complexity index is 689. The molecule has 0 fully saturated rings. The van der Waals surface area contributed by atoms with E-state index in [1.54, 1.807) is 12.1 Å². The summed E-state index contributed by atoms with van der Waals surface area (Å²) in [7, 11) is 0. The van der Waals surface area contributed by atoms with Gasteiger partial charge >= 0.3 is 5.97 Å². The van der Waals surface area contributed by atoms with Gasteiger partial charge in [-0.05, 0) is 5.56 Å². The first-order valence-corrected chi connectivity index (χ1v) is 6.78. The summed E-state index contributed by atoms with van der Waals surface area (Å²) < 4.78 is 4.83. The van der Waals surface area contributed by atoms with Crippen LogP contribution in [0.1, 0.15) is 17.7 Å². The summed E-state index contributed by atoms with van der Waals surface area (Å²) >= 11 is 0. The number of nitrogens with one attached hydrogen (secondary N) is 2. The van der Waals surface area contributed by atoms with Crippen molar-refractivity contribution in [2.45, 2.75) is 25.3 Å². The molecule has 0 spiro atoms. The number of carboxylic acid groups (broad SMARTS) is 1. The van der Waals surface area contributed by atoms with Crippen LogP contribution >= 0.6 is 0 Å². The molecule has 22 heavy (non-hydrogen) atoms. The number of hydrogen-bond acceptors (Lipinski definition) is 4. The minimum absolute atomic E-state index is 0.0410. The third-order valence-corrected chi connectivity index (χ3v) is 3.09. The number of hydrogen-bond donors (Lipinski definition) is 3. The smallest absolute Gasteiger partial charge is 0.326 e. The summed E-state index contributed by atoms with van der Waals surface area (Å²) in [6.45, 7) is 0. The van der Waals surface area contributed by atoms with E-state index in [0.29, 0.717) is 5.76 Å². The topological polar surface area (TPSA) is 112 Å². The predicted molar refractivity (Wildman–Crippen MR) is 77.4 cm³/mol. The van der Waals surface area contributed by atoms with Crippen LogP contribution in [-0.4, -0.2) is 28.2 Å². The Balaban J connectivity index is 1.88. The molecular formula is C15H16N2O5. The van der Waals surface area contributed by atoms with Crippen LogP contribution in [0.3, 0.4) is 0 Å². The van der Waals surface area contributed by atoms with Crippen molar-refractivity contribution in [3.8, 4) is 0 Å². The van der Waals surface area contributed by atoms with E-state index in [0.717, 1.165) is 5.56 Å². The van der Waals surface area contributed by atoms with Gasteiger partial charge in [-0.3, -0.25) is 9.59 Å². The van der Waals surface area contributed by atoms with Crippen molar-refractivity contribution in [3.05, 3.63) is 58.1 Å². The van der Waals surface area contributed by atoms with Crippen molar-refractivity contribution in [1.29, 1.82) is 0 Å². The molecule has 0 saturated heterocycles. The van der Waals surface area contributed by atoms with Gasteiger partial charge in [-0.1, -0.05) is 30.3 Å². The van der Waals surface area contributed by atoms with Gasteiger partial charge in [-0.2, -0.15) is 5.16 Å². The molecular weight excluding hydrogens is 288 g/mol. The van der Waals surface area contributed by atoms with Gasteiger partial charge in [0, 0.05) is 25.3 Å². The Morgan fingerprint density at radius 1 is 1.27 bits per heavy atom. The fourth-order valence-corrected chi connectivity index (χ4v) is 2.00. The number of carboxylic acids is 1. The number of carbonyl (C=O) groups is 2. The molecule has 2 rings (SSSR count). The minimum Gasteiger partial charge on any atom is -0.480 e. The Morgan fingerprint density at radius 2 is 2.00 bits per heavy atom. The van der Waals surface area contributed by atoms with E-state index in [4.69, 9.17) is 4.52 Å². The summed E-state index contributed by atoms with van der Waals surface area (Å²) in [5, 5.41) is 13.8. The zero-order valence-corrected chi connectivity index (χ0v) is 11.7. The maximum atomic E-state index is 11.8. The number of aryl methyl sites for hydroxylation is 1. The van der Waals surface area contributed by atoms with Crippen LogP contribution in [0, 0.1) is 0 Å². The van der Waals surface area contributed by atoms with Gasteiger partial charge in [0.2, 0.25) is 5.91 Å². The number of aliphatic carboxylic acids is 1. The third kappa shape index (κ3) is 4.62. The van der Waals surface area contributed by atoms with E-state index >= 15 is 0 Å². The number of H-pyrrole nitrogens is 1. The van der Waals surface area contributed by atoms with Crippen LogP contribution in [0.5, 0.6) is 0 Å². The van der Waals surface area contributed by atoms with E-state index < -0.39 is 17.9 Å². The number of carbonyl (C=O) groups excluding carboxylic acids is 1. The van der Waals surface area contributed by atoms with E-state index in [-0.39, 0.29) is 24.8 Å². The van der Waals surface area contributed by atoms with E-state index in [2.05, 4.69) is 10.5 Å². The summed E-state index contributed by atoms with van der Waals surface area (Å²) in [5.41, 5.74) is 0.453. The fourth-order valence-electron chi connectivity index (χ4n) is 2.00. The summed E-state index contributed by atoms with van der Waals surface area (Å²) in [6.07, 6.45) is 0.475. The van der Waals surface area contributed by atoms with Gasteiger partial charge in [0.25, 0.3) is 5.56 Å². The molecule has 1 heterocycles. The van der Waals surface area contributed by atoms with Gasteiger partial charge < -0.3 is 14.9 Å². The lowest BCUT2D eigenvalue weighted by molar-refractivity contribution is -0.141. The van der Waals surface area contributed by atoms with Gasteiger partial charge in [0.05, 0.1) is 0 Å². The Hall–Kier alpha value is -2.83. The fraction of sp³-hybridized carbons (Fsp3) is 0.267. The van der Waals surface area contributed by atoms with Crippen LogP contribution in [0.4, 0.5) is 0 Å². The van der Waals surface area contributed by atoms with E-state index in [9.17, 15) is 19.5 Å². The van der Waals surface area contributed by atoms with Gasteiger partial charge in [-0.25, -0.2) is 4.79 Å². The standard InChI is InChI=1S/C15H16N2O5/c18-13(7-6-11-9-14(19)17-22-11)16-12(15(20)21)8-10-4-2-1-3-5-10/h1-5,9,12H,6-8H2,(H,16,18)(H,17,19)(H,20,21)/t12-/m0/s1. The van der Waals surface area contributed by atoms with Gasteiger partial charge in [0.15, 0.2) is 0 Å². The molecule has 0 aliphatic heterocycles. The second-order valence-electron chi connectivity index (χ2n) is 4.83. The number of rotatable bonds is 7. The molecule has 0 aliphatic rings. The molecule has 7 nitrogen and oxygen atoms in total. The second kappa shape index (κ2) is 7.26. The molecule has 1 amide bonds. The second-order valence-corrected chi connectivity index (χ2v) is 4.83. The molecule has 1 aromatic heterocycles. The first-order valence-electron chi connectivity index (χ1n) is 6.78. The average Bonchev–Trinajstić information content (AvgIpc) is 2.91. The van der Waals surface area contributed by atoms with Crippen LogP contribution < -0.4 is 10.9 Å². The highest BCUT2D eigenvalue weighted by molar-refractivity contribution is 5.83. The van der Waals surface area contributed by atoms with Crippen molar-refractivity contribution >= 4 is 11.9 Å². The molecule has 0 bridgehead atoms. The van der Waals surface area contributed by atoms with Gasteiger partial charge in [0.1, 0.15) is 11.8 Å². The molecule has 3 N–H and O–H groups in total. The normalized spacial score (nSPS) is 11.8. The molecule has 2 aromatic rings. The zero-order chi connectivity index (χ0) is 15.9. The maximum Gasteiger partial charge on any atom is 0.326 e. The Morgan fingerprint density at radius 3 is 2.59 bits per heavy atom. The van der Waals surface area contributed by atoms with Crippen molar-refractivity contribution in [2.24, 2.45) is 0 Å². The van der Waals surface area contributed by atoms with Crippen LogP contribution in [0.25, 0.3) is 0 Å². The van der Waals surface area contributed by atoms with Crippen molar-refractivity contribution in [3.63, 3.8) is 0 Å². The number of aromatic amines is 1. The summed E-state index contributed by atoms with van der Waals surface area (Å²) in [5.74, 6) is -1.15. The van der Waals surface area contributed by atoms with Gasteiger partial charge in [-0.15, -0.1) is 0 Å². The van der Waals surface area contributed by atoms with Crippen LogP contribution in [0.15, 0.2) is 45.7 Å². The lowest BCUT2D eigenvalue weighted by Gasteiger charge is -2.14. The van der Waals surface area contributed by atoms with E-state index in [1.165, 1.54) is 6.07 Å². The molecule has 1 atom stereocenters. The first-order chi connectivity index (χ1) is 10.5. The Kier molecular flexibility index (Phi) is 5.13. The zero-order valence-electron chi connectivity index (χ0n) is 11.7. The molecule has 116 valence electrons. The molecule has 0 aliphatic carbocycles. The minimum atomic E-state index is -1.09. The lowest BCUT2D eigenvalue weighted by Crippen LogP contribution is -2.42. The van der Waals surface area contributed by atoms with Crippen LogP contribution in [-0.2, 0) is 22.4 Å². The van der Waals surface area contributed by atoms with Crippen molar-refractivity contribution in [2.75, 3.05) is 0 Å². The first kappa shape index (κ1) is 15.6. The molecule has 1 aromatic carbocycles.